The Balaban J connectivity index is 1.89. The lowest BCUT2D eigenvalue weighted by Crippen LogP contribution is -2.57. The first kappa shape index (κ1) is 13.5. The first-order valence-corrected chi connectivity index (χ1v) is 7.24. The molecule has 0 aliphatic carbocycles. The van der Waals surface area contributed by atoms with E-state index in [2.05, 4.69) is 57.6 Å². The van der Waals surface area contributed by atoms with Gasteiger partial charge in [0.1, 0.15) is 0 Å². The van der Waals surface area contributed by atoms with Gasteiger partial charge < -0.3 is 5.32 Å². The summed E-state index contributed by atoms with van der Waals surface area (Å²) in [5.74, 6) is 0.811. The second kappa shape index (κ2) is 4.82. The zero-order chi connectivity index (χ0) is 14.3. The number of imidazole rings is 1. The lowest BCUT2D eigenvalue weighted by Gasteiger charge is -2.42. The Morgan fingerprint density at radius 2 is 2.10 bits per heavy atom. The van der Waals surface area contributed by atoms with Gasteiger partial charge in [-0.05, 0) is 33.8 Å². The van der Waals surface area contributed by atoms with Crippen molar-refractivity contribution in [1.82, 2.24) is 24.6 Å². The van der Waals surface area contributed by atoms with Crippen LogP contribution >= 0.6 is 0 Å². The molecule has 1 saturated heterocycles. The maximum absolute atomic E-state index is 4.68. The van der Waals surface area contributed by atoms with E-state index in [0.29, 0.717) is 0 Å². The van der Waals surface area contributed by atoms with E-state index in [9.17, 15) is 0 Å². The zero-order valence-corrected chi connectivity index (χ0v) is 12.8. The second-order valence-electron chi connectivity index (χ2n) is 6.35. The van der Waals surface area contributed by atoms with Crippen molar-refractivity contribution in [2.24, 2.45) is 0 Å². The average molecular weight is 273 g/mol. The van der Waals surface area contributed by atoms with Gasteiger partial charge in [0, 0.05) is 49.3 Å². The number of rotatable bonds is 2. The molecule has 0 bridgehead atoms. The highest BCUT2D eigenvalue weighted by Crippen LogP contribution is 2.19. The van der Waals surface area contributed by atoms with E-state index in [4.69, 9.17) is 0 Å². The quantitative estimate of drug-likeness (QED) is 0.901. The fourth-order valence-electron chi connectivity index (χ4n) is 2.91. The monoisotopic (exact) mass is 273 g/mol. The summed E-state index contributed by atoms with van der Waals surface area (Å²) in [6, 6.07) is 2.09. The number of hydrogen-bond acceptors (Lipinski definition) is 4. The van der Waals surface area contributed by atoms with E-state index < -0.39 is 0 Å². The molecule has 0 unspecified atom stereocenters. The van der Waals surface area contributed by atoms with Crippen molar-refractivity contribution in [2.45, 2.75) is 39.8 Å². The molecule has 1 N–H and O–H groups in total. The van der Waals surface area contributed by atoms with Gasteiger partial charge in [0.15, 0.2) is 0 Å². The fourth-order valence-corrected chi connectivity index (χ4v) is 2.91. The summed E-state index contributed by atoms with van der Waals surface area (Å²) >= 11 is 0. The van der Waals surface area contributed by atoms with Crippen LogP contribution in [0.4, 0.5) is 0 Å². The highest BCUT2D eigenvalue weighted by molar-refractivity contribution is 5.34. The predicted molar refractivity (Wildman–Crippen MR) is 79.8 cm³/mol. The Labute approximate surface area is 120 Å². The maximum Gasteiger partial charge on any atom is 0.234 e. The third-order valence-electron chi connectivity index (χ3n) is 4.14. The van der Waals surface area contributed by atoms with Gasteiger partial charge in [-0.1, -0.05) is 0 Å². The van der Waals surface area contributed by atoms with Gasteiger partial charge >= 0.3 is 0 Å². The van der Waals surface area contributed by atoms with E-state index in [1.165, 1.54) is 5.69 Å². The van der Waals surface area contributed by atoms with Crippen molar-refractivity contribution in [1.29, 1.82) is 0 Å². The molecule has 1 aliphatic rings. The normalized spacial score (nSPS) is 19.6. The van der Waals surface area contributed by atoms with Crippen molar-refractivity contribution in [2.75, 3.05) is 19.6 Å². The maximum atomic E-state index is 4.68. The molecule has 1 aliphatic heterocycles. The number of fused-ring (bicyclic) bond motifs is 1. The fraction of sp³-hybridized carbons (Fsp3) is 0.600. The molecule has 2 aromatic heterocycles. The van der Waals surface area contributed by atoms with Gasteiger partial charge in [0.25, 0.3) is 0 Å². The molecule has 5 heteroatoms. The van der Waals surface area contributed by atoms with Crippen LogP contribution in [0.25, 0.3) is 5.78 Å². The first-order valence-electron chi connectivity index (χ1n) is 7.24. The number of nitrogens with zero attached hydrogens (tertiary/aromatic N) is 4. The highest BCUT2D eigenvalue weighted by Gasteiger charge is 2.29. The number of aryl methyl sites for hydroxylation is 2. The smallest absolute Gasteiger partial charge is 0.234 e. The lowest BCUT2D eigenvalue weighted by molar-refractivity contribution is 0.0816. The minimum absolute atomic E-state index is 0.173. The minimum Gasteiger partial charge on any atom is -0.314 e. The third kappa shape index (κ3) is 2.43. The standard InChI is InChI=1S/C15H23N5/c1-11-7-12(2)20-9-13(18-14(20)17-11)8-19-6-5-16-10-15(19,3)4/h7,9,16H,5-6,8,10H2,1-4H3. The summed E-state index contributed by atoms with van der Waals surface area (Å²) < 4.78 is 2.08. The van der Waals surface area contributed by atoms with E-state index in [1.54, 1.807) is 0 Å². The van der Waals surface area contributed by atoms with E-state index in [1.807, 2.05) is 6.92 Å². The van der Waals surface area contributed by atoms with Crippen molar-refractivity contribution in [3.8, 4) is 0 Å². The molecule has 3 rings (SSSR count). The molecular weight excluding hydrogens is 250 g/mol. The van der Waals surface area contributed by atoms with Crippen LogP contribution in [0.1, 0.15) is 30.9 Å². The van der Waals surface area contributed by atoms with Crippen molar-refractivity contribution in [3.05, 3.63) is 29.3 Å². The lowest BCUT2D eigenvalue weighted by atomic mass is 10.00. The van der Waals surface area contributed by atoms with Crippen LogP contribution in [0.15, 0.2) is 12.3 Å². The van der Waals surface area contributed by atoms with E-state index in [0.717, 1.165) is 43.3 Å². The topological polar surface area (TPSA) is 45.5 Å². The zero-order valence-electron chi connectivity index (χ0n) is 12.8. The van der Waals surface area contributed by atoms with Gasteiger partial charge in [-0.3, -0.25) is 9.30 Å². The number of aromatic nitrogens is 3. The second-order valence-corrected chi connectivity index (χ2v) is 6.35. The van der Waals surface area contributed by atoms with Crippen LogP contribution in [0.2, 0.25) is 0 Å². The van der Waals surface area contributed by atoms with Crippen molar-refractivity contribution >= 4 is 5.78 Å². The van der Waals surface area contributed by atoms with Crippen LogP contribution in [0.3, 0.4) is 0 Å². The molecule has 0 amide bonds. The Kier molecular flexibility index (Phi) is 3.26. The van der Waals surface area contributed by atoms with Crippen LogP contribution < -0.4 is 5.32 Å². The third-order valence-corrected chi connectivity index (χ3v) is 4.14. The molecule has 3 heterocycles. The molecule has 108 valence electrons. The summed E-state index contributed by atoms with van der Waals surface area (Å²) in [4.78, 5) is 11.7. The van der Waals surface area contributed by atoms with Crippen LogP contribution in [0.5, 0.6) is 0 Å². The van der Waals surface area contributed by atoms with Gasteiger partial charge in [0.2, 0.25) is 5.78 Å². The summed E-state index contributed by atoms with van der Waals surface area (Å²) in [7, 11) is 0. The van der Waals surface area contributed by atoms with Crippen molar-refractivity contribution < 1.29 is 0 Å². The van der Waals surface area contributed by atoms with Crippen molar-refractivity contribution in [3.63, 3.8) is 0 Å². The number of nitrogens with one attached hydrogen (secondary N) is 1. The van der Waals surface area contributed by atoms with Crippen LogP contribution in [0, 0.1) is 13.8 Å². The number of hydrogen-bond donors (Lipinski definition) is 1. The summed E-state index contributed by atoms with van der Waals surface area (Å²) in [5.41, 5.74) is 3.48. The van der Waals surface area contributed by atoms with Crippen LogP contribution in [-0.2, 0) is 6.54 Å². The predicted octanol–water partition coefficient (Wildman–Crippen LogP) is 1.53. The molecule has 0 saturated carbocycles. The minimum atomic E-state index is 0.173. The Hall–Kier alpha value is -1.46. The van der Waals surface area contributed by atoms with Crippen LogP contribution in [-0.4, -0.2) is 44.4 Å². The first-order chi connectivity index (χ1) is 9.45. The van der Waals surface area contributed by atoms with Gasteiger partial charge in [0.05, 0.1) is 5.69 Å². The number of piperazine rings is 1. The molecule has 0 spiro atoms. The molecule has 5 nitrogen and oxygen atoms in total. The largest absolute Gasteiger partial charge is 0.314 e. The Morgan fingerprint density at radius 1 is 1.30 bits per heavy atom. The Bertz CT molecular complexity index is 628. The summed E-state index contributed by atoms with van der Waals surface area (Å²) in [5, 5.41) is 3.45. The molecular formula is C15H23N5. The molecule has 0 aromatic carbocycles. The molecule has 2 aromatic rings. The molecule has 1 fully saturated rings. The van der Waals surface area contributed by atoms with Gasteiger partial charge in [-0.2, -0.15) is 0 Å². The van der Waals surface area contributed by atoms with E-state index >= 15 is 0 Å². The summed E-state index contributed by atoms with van der Waals surface area (Å²) in [6.45, 7) is 12.7. The SMILES string of the molecule is Cc1cc(C)n2cc(CN3CCNCC3(C)C)nc2n1. The molecule has 0 radical (unpaired) electrons. The highest BCUT2D eigenvalue weighted by atomic mass is 15.3. The Morgan fingerprint density at radius 3 is 2.85 bits per heavy atom. The average Bonchev–Trinajstić information content (AvgIpc) is 2.74. The van der Waals surface area contributed by atoms with Gasteiger partial charge in [-0.15, -0.1) is 0 Å². The summed E-state index contributed by atoms with van der Waals surface area (Å²) in [6.07, 6.45) is 2.12. The van der Waals surface area contributed by atoms with Gasteiger partial charge in [-0.25, -0.2) is 9.97 Å². The molecule has 20 heavy (non-hydrogen) atoms. The van der Waals surface area contributed by atoms with E-state index in [-0.39, 0.29) is 5.54 Å². The molecule has 0 atom stereocenters.